The molecule has 1 unspecified atom stereocenters. The number of nitro groups is 1. The van der Waals surface area contributed by atoms with Crippen LogP contribution in [-0.4, -0.2) is 35.7 Å². The van der Waals surface area contributed by atoms with Crippen molar-refractivity contribution in [1.29, 1.82) is 0 Å². The second kappa shape index (κ2) is 5.63. The van der Waals surface area contributed by atoms with Crippen LogP contribution in [-0.2, 0) is 4.74 Å². The summed E-state index contributed by atoms with van der Waals surface area (Å²) in [7, 11) is 0. The van der Waals surface area contributed by atoms with E-state index in [9.17, 15) is 10.1 Å². The second-order valence-corrected chi connectivity index (χ2v) is 4.09. The van der Waals surface area contributed by atoms with Crippen molar-refractivity contribution < 1.29 is 9.66 Å². The van der Waals surface area contributed by atoms with E-state index in [1.165, 1.54) is 12.1 Å². The molecular formula is C11H16N4O3. The van der Waals surface area contributed by atoms with Gasteiger partial charge in [0, 0.05) is 13.2 Å². The van der Waals surface area contributed by atoms with Crippen LogP contribution in [0.4, 0.5) is 17.3 Å². The van der Waals surface area contributed by atoms with E-state index in [4.69, 9.17) is 4.74 Å². The van der Waals surface area contributed by atoms with E-state index in [0.29, 0.717) is 31.4 Å². The van der Waals surface area contributed by atoms with E-state index in [1.54, 1.807) is 0 Å². The maximum Gasteiger partial charge on any atom is 0.276 e. The Kier molecular flexibility index (Phi) is 3.93. The van der Waals surface area contributed by atoms with Crippen molar-refractivity contribution >= 4 is 17.3 Å². The molecule has 7 nitrogen and oxygen atoms in total. The van der Waals surface area contributed by atoms with Gasteiger partial charge in [-0.3, -0.25) is 10.1 Å². The van der Waals surface area contributed by atoms with Crippen LogP contribution < -0.4 is 10.6 Å². The number of nitrogens with one attached hydrogen (secondary N) is 2. The van der Waals surface area contributed by atoms with Crippen LogP contribution in [0.15, 0.2) is 12.1 Å². The van der Waals surface area contributed by atoms with Gasteiger partial charge in [-0.15, -0.1) is 0 Å². The van der Waals surface area contributed by atoms with Crippen molar-refractivity contribution in [1.82, 2.24) is 4.98 Å². The third-order valence-electron chi connectivity index (χ3n) is 2.66. The number of hydrogen-bond donors (Lipinski definition) is 2. The predicted octanol–water partition coefficient (Wildman–Crippen LogP) is 1.62. The molecular weight excluding hydrogens is 236 g/mol. The Morgan fingerprint density at radius 3 is 2.94 bits per heavy atom. The van der Waals surface area contributed by atoms with E-state index in [0.717, 1.165) is 6.42 Å². The number of hydrogen-bond acceptors (Lipinski definition) is 6. The van der Waals surface area contributed by atoms with Crippen LogP contribution in [0.5, 0.6) is 0 Å². The van der Waals surface area contributed by atoms with E-state index < -0.39 is 4.92 Å². The summed E-state index contributed by atoms with van der Waals surface area (Å²) in [5, 5.41) is 17.0. The highest BCUT2D eigenvalue weighted by molar-refractivity contribution is 5.55. The summed E-state index contributed by atoms with van der Waals surface area (Å²) in [6.07, 6.45) is 0.890. The van der Waals surface area contributed by atoms with Gasteiger partial charge in [0.1, 0.15) is 11.6 Å². The topological polar surface area (TPSA) is 89.3 Å². The van der Waals surface area contributed by atoms with Gasteiger partial charge < -0.3 is 15.4 Å². The maximum absolute atomic E-state index is 10.8. The Morgan fingerprint density at radius 1 is 1.56 bits per heavy atom. The molecule has 7 heteroatoms. The van der Waals surface area contributed by atoms with Crippen molar-refractivity contribution in [3.8, 4) is 0 Å². The first-order chi connectivity index (χ1) is 8.69. The molecule has 1 aliphatic heterocycles. The average molecular weight is 252 g/mol. The molecule has 2 N–H and O–H groups in total. The third kappa shape index (κ3) is 3.07. The van der Waals surface area contributed by atoms with Gasteiger partial charge in [-0.2, -0.15) is 0 Å². The lowest BCUT2D eigenvalue weighted by Crippen LogP contribution is -2.20. The summed E-state index contributed by atoms with van der Waals surface area (Å²) in [5.41, 5.74) is 0.0300. The Labute approximate surface area is 105 Å². The summed E-state index contributed by atoms with van der Waals surface area (Å²) in [5.74, 6) is 1.02. The lowest BCUT2D eigenvalue weighted by atomic mass is 10.2. The number of ether oxygens (including phenoxy) is 1. The molecule has 0 aromatic carbocycles. The number of rotatable bonds is 5. The summed E-state index contributed by atoms with van der Waals surface area (Å²) < 4.78 is 5.24. The Balaban J connectivity index is 2.18. The predicted molar refractivity (Wildman–Crippen MR) is 67.9 cm³/mol. The van der Waals surface area contributed by atoms with Gasteiger partial charge in [-0.25, -0.2) is 4.98 Å². The van der Waals surface area contributed by atoms with Crippen molar-refractivity contribution in [2.75, 3.05) is 30.4 Å². The van der Waals surface area contributed by atoms with Crippen molar-refractivity contribution in [3.63, 3.8) is 0 Å². The SMILES string of the molecule is CCNc1cc([N+](=O)[O-])cc(NC2CCOC2)n1. The fourth-order valence-electron chi connectivity index (χ4n) is 1.82. The highest BCUT2D eigenvalue weighted by atomic mass is 16.6. The van der Waals surface area contributed by atoms with Crippen LogP contribution in [0.25, 0.3) is 0 Å². The van der Waals surface area contributed by atoms with Gasteiger partial charge >= 0.3 is 0 Å². The zero-order valence-electron chi connectivity index (χ0n) is 10.2. The highest BCUT2D eigenvalue weighted by Crippen LogP contribution is 2.22. The minimum atomic E-state index is -0.418. The Morgan fingerprint density at radius 2 is 2.33 bits per heavy atom. The van der Waals surface area contributed by atoms with Gasteiger partial charge in [0.2, 0.25) is 0 Å². The molecule has 1 aromatic rings. The van der Waals surface area contributed by atoms with Crippen molar-refractivity contribution in [3.05, 3.63) is 22.2 Å². The van der Waals surface area contributed by atoms with E-state index in [2.05, 4.69) is 15.6 Å². The van der Waals surface area contributed by atoms with Gasteiger partial charge in [0.15, 0.2) is 0 Å². The molecule has 18 heavy (non-hydrogen) atoms. The fraction of sp³-hybridized carbons (Fsp3) is 0.545. The van der Waals surface area contributed by atoms with Crippen molar-refractivity contribution in [2.24, 2.45) is 0 Å². The molecule has 2 rings (SSSR count). The summed E-state index contributed by atoms with van der Waals surface area (Å²) in [4.78, 5) is 14.7. The van der Waals surface area contributed by atoms with Gasteiger partial charge in [0.25, 0.3) is 5.69 Å². The molecule has 0 aliphatic carbocycles. The summed E-state index contributed by atoms with van der Waals surface area (Å²) in [6.45, 7) is 3.91. The number of aromatic nitrogens is 1. The van der Waals surface area contributed by atoms with Gasteiger partial charge in [0.05, 0.1) is 29.7 Å². The molecule has 0 saturated carbocycles. The van der Waals surface area contributed by atoms with Crippen LogP contribution >= 0.6 is 0 Å². The normalized spacial score (nSPS) is 18.6. The third-order valence-corrected chi connectivity index (χ3v) is 2.66. The largest absolute Gasteiger partial charge is 0.379 e. The smallest absolute Gasteiger partial charge is 0.276 e. The minimum Gasteiger partial charge on any atom is -0.379 e. The Hall–Kier alpha value is -1.89. The maximum atomic E-state index is 10.8. The van der Waals surface area contributed by atoms with Crippen LogP contribution in [0.1, 0.15) is 13.3 Å². The lowest BCUT2D eigenvalue weighted by molar-refractivity contribution is -0.384. The molecule has 1 aromatic heterocycles. The molecule has 2 heterocycles. The molecule has 98 valence electrons. The molecule has 1 aliphatic rings. The molecule has 0 radical (unpaired) electrons. The van der Waals surface area contributed by atoms with E-state index >= 15 is 0 Å². The number of anilines is 2. The monoisotopic (exact) mass is 252 g/mol. The first kappa shape index (κ1) is 12.6. The zero-order valence-corrected chi connectivity index (χ0v) is 10.2. The molecule has 0 spiro atoms. The minimum absolute atomic E-state index is 0.0300. The van der Waals surface area contributed by atoms with Crippen LogP contribution in [0.3, 0.4) is 0 Å². The zero-order chi connectivity index (χ0) is 13.0. The van der Waals surface area contributed by atoms with Crippen LogP contribution in [0.2, 0.25) is 0 Å². The first-order valence-corrected chi connectivity index (χ1v) is 5.93. The summed E-state index contributed by atoms with van der Waals surface area (Å²) >= 11 is 0. The van der Waals surface area contributed by atoms with Crippen molar-refractivity contribution in [2.45, 2.75) is 19.4 Å². The number of pyridine rings is 1. The molecule has 0 bridgehead atoms. The van der Waals surface area contributed by atoms with Gasteiger partial charge in [-0.1, -0.05) is 0 Å². The highest BCUT2D eigenvalue weighted by Gasteiger charge is 2.18. The molecule has 1 saturated heterocycles. The second-order valence-electron chi connectivity index (χ2n) is 4.09. The van der Waals surface area contributed by atoms with Crippen LogP contribution in [0, 0.1) is 10.1 Å². The average Bonchev–Trinajstić information content (AvgIpc) is 2.82. The van der Waals surface area contributed by atoms with Gasteiger partial charge in [-0.05, 0) is 13.3 Å². The molecule has 1 atom stereocenters. The van der Waals surface area contributed by atoms with E-state index in [-0.39, 0.29) is 11.7 Å². The first-order valence-electron chi connectivity index (χ1n) is 5.93. The quantitative estimate of drug-likeness (QED) is 0.611. The molecule has 1 fully saturated rings. The van der Waals surface area contributed by atoms with E-state index in [1.807, 2.05) is 6.92 Å². The molecule has 0 amide bonds. The number of nitrogens with zero attached hydrogens (tertiary/aromatic N) is 2. The fourth-order valence-corrected chi connectivity index (χ4v) is 1.82. The lowest BCUT2D eigenvalue weighted by Gasteiger charge is -2.12. The Bertz CT molecular complexity index is 432. The summed E-state index contributed by atoms with van der Waals surface area (Å²) in [6, 6.07) is 3.05. The standard InChI is InChI=1S/C11H16N4O3/c1-2-12-10-5-9(15(16)17)6-11(14-10)13-8-3-4-18-7-8/h5-6,8H,2-4,7H2,1H3,(H2,12,13,14).